The number of benzene rings is 1. The fraction of sp³-hybridized carbons (Fsp3) is 0.143. The molecule has 0 aliphatic heterocycles. The van der Waals surface area contributed by atoms with Crippen molar-refractivity contribution < 1.29 is 23.1 Å². The number of nitrogens with one attached hydrogen (secondary N) is 2. The van der Waals surface area contributed by atoms with Crippen LogP contribution in [0.3, 0.4) is 0 Å². The van der Waals surface area contributed by atoms with Gasteiger partial charge in [0, 0.05) is 17.5 Å². The standard InChI is InChI=1S/C19H17N5.C2HF3O2/c1-12-18(13(2)24-23-12)15-8-9-20-16(10-15)19-21-11-17(22-19)14-6-4-3-5-7-14;3-2(4,5)1(6)7/h3-11H,1-2H3,(H,21,22)(H,23,24);(H,6,7). The van der Waals surface area contributed by atoms with Crippen molar-refractivity contribution in [3.63, 3.8) is 0 Å². The van der Waals surface area contributed by atoms with Gasteiger partial charge in [-0.1, -0.05) is 30.3 Å². The van der Waals surface area contributed by atoms with Crippen LogP contribution in [0.2, 0.25) is 0 Å². The number of aromatic nitrogens is 5. The number of alkyl halides is 3. The summed E-state index contributed by atoms with van der Waals surface area (Å²) >= 11 is 0. The SMILES string of the molecule is Cc1n[nH]c(C)c1-c1ccnc(-c2ncc(-c3ccccc3)[nH]2)c1.O=C(O)C(F)(F)F. The summed E-state index contributed by atoms with van der Waals surface area (Å²) in [4.78, 5) is 21.2. The molecule has 7 nitrogen and oxygen atoms in total. The molecule has 4 rings (SSSR count). The maximum Gasteiger partial charge on any atom is 0.490 e. The summed E-state index contributed by atoms with van der Waals surface area (Å²) in [7, 11) is 0. The maximum atomic E-state index is 10.6. The zero-order chi connectivity index (χ0) is 22.6. The first-order valence-corrected chi connectivity index (χ1v) is 9.05. The van der Waals surface area contributed by atoms with E-state index in [-0.39, 0.29) is 0 Å². The molecule has 3 N–H and O–H groups in total. The fourth-order valence-electron chi connectivity index (χ4n) is 2.91. The lowest BCUT2D eigenvalue weighted by molar-refractivity contribution is -0.192. The number of hydrogen-bond donors (Lipinski definition) is 3. The molecule has 0 amide bonds. The summed E-state index contributed by atoms with van der Waals surface area (Å²) in [6, 6.07) is 14.2. The molecule has 0 spiro atoms. The summed E-state index contributed by atoms with van der Waals surface area (Å²) in [5.41, 5.74) is 7.13. The summed E-state index contributed by atoms with van der Waals surface area (Å²) in [5.74, 6) is -2.00. The second-order valence-electron chi connectivity index (χ2n) is 6.55. The summed E-state index contributed by atoms with van der Waals surface area (Å²) in [6.07, 6.45) is -1.44. The van der Waals surface area contributed by atoms with Gasteiger partial charge in [0.25, 0.3) is 0 Å². The number of pyridine rings is 1. The number of imidazole rings is 1. The zero-order valence-corrected chi connectivity index (χ0v) is 16.5. The molecular weight excluding hydrogens is 411 g/mol. The molecule has 160 valence electrons. The summed E-state index contributed by atoms with van der Waals surface area (Å²) in [6.45, 7) is 4.02. The number of aromatic amines is 2. The Bertz CT molecular complexity index is 1160. The first kappa shape index (κ1) is 21.8. The Kier molecular flexibility index (Phi) is 6.19. The Morgan fingerprint density at radius 2 is 1.71 bits per heavy atom. The fourth-order valence-corrected chi connectivity index (χ4v) is 2.91. The first-order chi connectivity index (χ1) is 14.7. The number of rotatable bonds is 3. The van der Waals surface area contributed by atoms with Gasteiger partial charge < -0.3 is 10.1 Å². The molecule has 0 aliphatic rings. The Labute approximate surface area is 175 Å². The van der Waals surface area contributed by atoms with Crippen LogP contribution >= 0.6 is 0 Å². The third kappa shape index (κ3) is 5.16. The predicted molar refractivity (Wildman–Crippen MR) is 108 cm³/mol. The van der Waals surface area contributed by atoms with Gasteiger partial charge in [0.1, 0.15) is 5.69 Å². The number of carboxylic acids is 1. The molecule has 3 heterocycles. The second-order valence-corrected chi connectivity index (χ2v) is 6.55. The third-order valence-corrected chi connectivity index (χ3v) is 4.32. The van der Waals surface area contributed by atoms with Crippen molar-refractivity contribution >= 4 is 5.97 Å². The van der Waals surface area contributed by atoms with Gasteiger partial charge in [-0.15, -0.1) is 0 Å². The van der Waals surface area contributed by atoms with Crippen molar-refractivity contribution in [1.29, 1.82) is 0 Å². The predicted octanol–water partition coefficient (Wildman–Crippen LogP) is 4.78. The number of nitrogens with zero attached hydrogens (tertiary/aromatic N) is 3. The minimum atomic E-state index is -5.08. The zero-order valence-electron chi connectivity index (χ0n) is 16.5. The van der Waals surface area contributed by atoms with Crippen LogP contribution in [0.1, 0.15) is 11.4 Å². The Balaban J connectivity index is 0.000000339. The van der Waals surface area contributed by atoms with Gasteiger partial charge in [0.05, 0.1) is 17.6 Å². The largest absolute Gasteiger partial charge is 0.490 e. The van der Waals surface area contributed by atoms with E-state index >= 15 is 0 Å². The molecule has 0 unspecified atom stereocenters. The van der Waals surface area contributed by atoms with E-state index in [9.17, 15) is 13.2 Å². The average Bonchev–Trinajstić information content (AvgIpc) is 3.35. The van der Waals surface area contributed by atoms with Crippen LogP contribution in [0.5, 0.6) is 0 Å². The van der Waals surface area contributed by atoms with E-state index in [0.717, 1.165) is 45.3 Å². The van der Waals surface area contributed by atoms with Crippen molar-refractivity contribution in [3.8, 4) is 33.9 Å². The van der Waals surface area contributed by atoms with Crippen LogP contribution in [-0.4, -0.2) is 42.4 Å². The lowest BCUT2D eigenvalue weighted by Gasteiger charge is -2.03. The Hall–Kier alpha value is -3.95. The molecule has 0 saturated heterocycles. The van der Waals surface area contributed by atoms with E-state index in [4.69, 9.17) is 9.90 Å². The summed E-state index contributed by atoms with van der Waals surface area (Å²) in [5, 5.41) is 14.4. The molecule has 3 aromatic heterocycles. The van der Waals surface area contributed by atoms with Gasteiger partial charge in [-0.05, 0) is 37.1 Å². The van der Waals surface area contributed by atoms with E-state index in [2.05, 4.69) is 37.3 Å². The van der Waals surface area contributed by atoms with E-state index in [1.165, 1.54) is 0 Å². The maximum absolute atomic E-state index is 10.6. The molecule has 0 bridgehead atoms. The highest BCUT2D eigenvalue weighted by atomic mass is 19.4. The highest BCUT2D eigenvalue weighted by Gasteiger charge is 2.38. The lowest BCUT2D eigenvalue weighted by atomic mass is 10.0. The number of aryl methyl sites for hydroxylation is 2. The van der Waals surface area contributed by atoms with Crippen molar-refractivity contribution in [3.05, 3.63) is 66.2 Å². The third-order valence-electron chi connectivity index (χ3n) is 4.32. The monoisotopic (exact) mass is 429 g/mol. The van der Waals surface area contributed by atoms with Crippen molar-refractivity contribution in [2.24, 2.45) is 0 Å². The highest BCUT2D eigenvalue weighted by molar-refractivity contribution is 5.73. The smallest absolute Gasteiger partial charge is 0.475 e. The summed E-state index contributed by atoms with van der Waals surface area (Å²) < 4.78 is 31.7. The normalized spacial score (nSPS) is 11.0. The average molecular weight is 429 g/mol. The van der Waals surface area contributed by atoms with Crippen LogP contribution in [0, 0.1) is 13.8 Å². The first-order valence-electron chi connectivity index (χ1n) is 9.05. The second kappa shape index (κ2) is 8.82. The Morgan fingerprint density at radius 3 is 2.29 bits per heavy atom. The van der Waals surface area contributed by atoms with Gasteiger partial charge in [0.15, 0.2) is 5.82 Å². The molecule has 0 atom stereocenters. The minimum Gasteiger partial charge on any atom is -0.475 e. The molecule has 1 aromatic carbocycles. The quantitative estimate of drug-likeness (QED) is 0.434. The van der Waals surface area contributed by atoms with Gasteiger partial charge in [-0.3, -0.25) is 10.1 Å². The number of hydrogen-bond acceptors (Lipinski definition) is 4. The van der Waals surface area contributed by atoms with Gasteiger partial charge >= 0.3 is 12.1 Å². The number of carbonyl (C=O) groups is 1. The molecule has 0 aliphatic carbocycles. The molecule has 10 heteroatoms. The van der Waals surface area contributed by atoms with Gasteiger partial charge in [-0.25, -0.2) is 9.78 Å². The molecule has 0 fully saturated rings. The molecule has 0 radical (unpaired) electrons. The number of aliphatic carboxylic acids is 1. The topological polar surface area (TPSA) is 108 Å². The van der Waals surface area contributed by atoms with Crippen molar-refractivity contribution in [2.75, 3.05) is 0 Å². The molecule has 31 heavy (non-hydrogen) atoms. The van der Waals surface area contributed by atoms with Crippen LogP contribution in [-0.2, 0) is 4.79 Å². The van der Waals surface area contributed by atoms with Crippen LogP contribution < -0.4 is 0 Å². The van der Waals surface area contributed by atoms with Gasteiger partial charge in [0.2, 0.25) is 0 Å². The van der Waals surface area contributed by atoms with Crippen LogP contribution in [0.25, 0.3) is 33.9 Å². The Morgan fingerprint density at radius 1 is 1.03 bits per heavy atom. The van der Waals surface area contributed by atoms with Crippen molar-refractivity contribution in [1.82, 2.24) is 25.1 Å². The van der Waals surface area contributed by atoms with Crippen LogP contribution in [0.4, 0.5) is 13.2 Å². The minimum absolute atomic E-state index is 0.759. The van der Waals surface area contributed by atoms with E-state index < -0.39 is 12.1 Å². The van der Waals surface area contributed by atoms with E-state index in [1.54, 1.807) is 6.20 Å². The van der Waals surface area contributed by atoms with E-state index in [0.29, 0.717) is 0 Å². The molecule has 0 saturated carbocycles. The number of halogens is 3. The van der Waals surface area contributed by atoms with E-state index in [1.807, 2.05) is 50.4 Å². The number of carboxylic acid groups (broad SMARTS) is 1. The number of H-pyrrole nitrogens is 2. The molecule has 4 aromatic rings. The lowest BCUT2D eigenvalue weighted by Crippen LogP contribution is -2.21. The van der Waals surface area contributed by atoms with Gasteiger partial charge in [-0.2, -0.15) is 18.3 Å². The van der Waals surface area contributed by atoms with Crippen molar-refractivity contribution in [2.45, 2.75) is 20.0 Å². The highest BCUT2D eigenvalue weighted by Crippen LogP contribution is 2.28. The molecular formula is C21H18F3N5O2. The van der Waals surface area contributed by atoms with Crippen LogP contribution in [0.15, 0.2) is 54.9 Å².